The molecule has 6 heteroatoms. The summed E-state index contributed by atoms with van der Waals surface area (Å²) in [6, 6.07) is 6.84. The summed E-state index contributed by atoms with van der Waals surface area (Å²) in [4.78, 5) is 10.7. The minimum absolute atomic E-state index is 0.0321. The normalized spacial score (nSPS) is 12.6. The van der Waals surface area contributed by atoms with Crippen LogP contribution in [0.2, 0.25) is 0 Å². The van der Waals surface area contributed by atoms with Gasteiger partial charge in [0.2, 0.25) is 10.0 Å². The number of hydrogen-bond acceptors (Lipinski definition) is 3. The van der Waals surface area contributed by atoms with E-state index in [0.29, 0.717) is 6.42 Å². The van der Waals surface area contributed by atoms with E-state index >= 15 is 0 Å². The van der Waals surface area contributed by atoms with Crippen LogP contribution in [0.25, 0.3) is 0 Å². The Hall–Kier alpha value is -1.40. The zero-order valence-corrected chi connectivity index (χ0v) is 13.8. The standard InChI is InChI=1S/C15H23NO4S/c1-15(2,3)12-7-9-13(10-8-12)21(19,20)16(4)11-5-6-14(17)18/h7-10H,5-6,11H2,1-4H3,(H,17,18). The molecule has 0 saturated carbocycles. The van der Waals surface area contributed by atoms with Crippen molar-refractivity contribution in [2.45, 2.75) is 43.9 Å². The van der Waals surface area contributed by atoms with Crippen molar-refractivity contribution in [2.24, 2.45) is 0 Å². The number of sulfonamides is 1. The van der Waals surface area contributed by atoms with Gasteiger partial charge in [0.1, 0.15) is 0 Å². The smallest absolute Gasteiger partial charge is 0.303 e. The largest absolute Gasteiger partial charge is 0.481 e. The van der Waals surface area contributed by atoms with Crippen LogP contribution in [-0.4, -0.2) is 37.4 Å². The average Bonchev–Trinajstić information content (AvgIpc) is 2.37. The molecule has 5 nitrogen and oxygen atoms in total. The van der Waals surface area contributed by atoms with Crippen molar-refractivity contribution in [2.75, 3.05) is 13.6 Å². The van der Waals surface area contributed by atoms with Gasteiger partial charge in [-0.05, 0) is 29.5 Å². The molecular formula is C15H23NO4S. The minimum atomic E-state index is -3.56. The number of benzene rings is 1. The summed E-state index contributed by atoms with van der Waals surface area (Å²) in [6.07, 6.45) is 0.258. The first-order valence-corrected chi connectivity index (χ1v) is 8.28. The van der Waals surface area contributed by atoms with E-state index in [4.69, 9.17) is 5.11 Å². The van der Waals surface area contributed by atoms with Gasteiger partial charge in [0.25, 0.3) is 0 Å². The summed E-state index contributed by atoms with van der Waals surface area (Å²) in [6.45, 7) is 6.38. The lowest BCUT2D eigenvalue weighted by Crippen LogP contribution is -2.28. The SMILES string of the molecule is CN(CCCC(=O)O)S(=O)(=O)c1ccc(C(C)(C)C)cc1. The molecule has 0 aliphatic rings. The monoisotopic (exact) mass is 313 g/mol. The predicted molar refractivity (Wildman–Crippen MR) is 81.8 cm³/mol. The van der Waals surface area contributed by atoms with Crippen molar-refractivity contribution in [3.8, 4) is 0 Å². The molecule has 0 radical (unpaired) electrons. The van der Waals surface area contributed by atoms with E-state index in [1.54, 1.807) is 12.1 Å². The summed E-state index contributed by atoms with van der Waals surface area (Å²) in [7, 11) is -2.09. The number of hydrogen-bond donors (Lipinski definition) is 1. The number of carbonyl (C=O) groups is 1. The molecule has 1 N–H and O–H groups in total. The topological polar surface area (TPSA) is 74.7 Å². The van der Waals surface area contributed by atoms with Crippen LogP contribution in [0.15, 0.2) is 29.2 Å². The fourth-order valence-corrected chi connectivity index (χ4v) is 3.09. The number of carboxylic acids is 1. The van der Waals surface area contributed by atoms with Gasteiger partial charge in [-0.25, -0.2) is 12.7 Å². The maximum Gasteiger partial charge on any atom is 0.303 e. The Bertz CT molecular complexity index is 585. The van der Waals surface area contributed by atoms with Gasteiger partial charge in [0.15, 0.2) is 0 Å². The molecule has 0 bridgehead atoms. The molecule has 0 atom stereocenters. The quantitative estimate of drug-likeness (QED) is 0.875. The van der Waals surface area contributed by atoms with E-state index in [1.807, 2.05) is 12.1 Å². The first kappa shape index (κ1) is 17.7. The third kappa shape index (κ3) is 4.82. The van der Waals surface area contributed by atoms with Crippen LogP contribution in [0.5, 0.6) is 0 Å². The zero-order chi connectivity index (χ0) is 16.3. The maximum atomic E-state index is 12.3. The molecule has 0 spiro atoms. The first-order chi connectivity index (χ1) is 9.55. The lowest BCUT2D eigenvalue weighted by atomic mass is 9.87. The Morgan fingerprint density at radius 3 is 2.14 bits per heavy atom. The predicted octanol–water partition coefficient (Wildman–Crippen LogP) is 2.47. The third-order valence-corrected chi connectivity index (χ3v) is 5.16. The fourth-order valence-electron chi connectivity index (χ4n) is 1.88. The van der Waals surface area contributed by atoms with Crippen molar-refractivity contribution in [3.05, 3.63) is 29.8 Å². The summed E-state index contributed by atoms with van der Waals surface area (Å²) >= 11 is 0. The van der Waals surface area contributed by atoms with Crippen LogP contribution in [-0.2, 0) is 20.2 Å². The van der Waals surface area contributed by atoms with E-state index < -0.39 is 16.0 Å². The van der Waals surface area contributed by atoms with Crippen molar-refractivity contribution in [3.63, 3.8) is 0 Å². The lowest BCUT2D eigenvalue weighted by Gasteiger charge is -2.20. The van der Waals surface area contributed by atoms with Crippen molar-refractivity contribution < 1.29 is 18.3 Å². The molecule has 0 aliphatic carbocycles. The van der Waals surface area contributed by atoms with Crippen LogP contribution in [0.1, 0.15) is 39.2 Å². The Morgan fingerprint density at radius 1 is 1.19 bits per heavy atom. The molecule has 0 unspecified atom stereocenters. The Morgan fingerprint density at radius 2 is 1.71 bits per heavy atom. The van der Waals surface area contributed by atoms with Crippen molar-refractivity contribution in [1.29, 1.82) is 0 Å². The van der Waals surface area contributed by atoms with Crippen LogP contribution >= 0.6 is 0 Å². The number of aliphatic carboxylic acids is 1. The van der Waals surface area contributed by atoms with E-state index in [0.717, 1.165) is 5.56 Å². The van der Waals surface area contributed by atoms with E-state index in [-0.39, 0.29) is 23.3 Å². The maximum absolute atomic E-state index is 12.3. The highest BCUT2D eigenvalue weighted by atomic mass is 32.2. The van der Waals surface area contributed by atoms with E-state index in [1.165, 1.54) is 11.4 Å². The summed E-state index contributed by atoms with van der Waals surface area (Å²) in [5.74, 6) is -0.921. The zero-order valence-electron chi connectivity index (χ0n) is 13.0. The van der Waals surface area contributed by atoms with Crippen LogP contribution in [0, 0.1) is 0 Å². The third-order valence-electron chi connectivity index (χ3n) is 3.29. The van der Waals surface area contributed by atoms with Crippen LogP contribution in [0.3, 0.4) is 0 Å². The molecule has 118 valence electrons. The highest BCUT2D eigenvalue weighted by molar-refractivity contribution is 7.89. The van der Waals surface area contributed by atoms with Gasteiger partial charge in [0, 0.05) is 20.0 Å². The second-order valence-electron chi connectivity index (χ2n) is 6.10. The number of nitrogens with zero attached hydrogens (tertiary/aromatic N) is 1. The van der Waals surface area contributed by atoms with Gasteiger partial charge in [-0.2, -0.15) is 0 Å². The van der Waals surface area contributed by atoms with Crippen molar-refractivity contribution >= 4 is 16.0 Å². The van der Waals surface area contributed by atoms with E-state index in [9.17, 15) is 13.2 Å². The molecular weight excluding hydrogens is 290 g/mol. The van der Waals surface area contributed by atoms with Gasteiger partial charge in [-0.3, -0.25) is 4.79 Å². The fraction of sp³-hybridized carbons (Fsp3) is 0.533. The number of carboxylic acid groups (broad SMARTS) is 1. The van der Waals surface area contributed by atoms with Gasteiger partial charge < -0.3 is 5.11 Å². The highest BCUT2D eigenvalue weighted by Crippen LogP contribution is 2.24. The highest BCUT2D eigenvalue weighted by Gasteiger charge is 2.21. The Balaban J connectivity index is 2.85. The molecule has 0 aliphatic heterocycles. The molecule has 1 aromatic rings. The molecule has 0 heterocycles. The summed E-state index contributed by atoms with van der Waals surface area (Å²) in [5.41, 5.74) is 1.03. The Kier molecular flexibility index (Phi) is 5.53. The summed E-state index contributed by atoms with van der Waals surface area (Å²) < 4.78 is 25.9. The molecule has 0 fully saturated rings. The molecule has 21 heavy (non-hydrogen) atoms. The Labute approximate surface area is 126 Å². The van der Waals surface area contributed by atoms with Gasteiger partial charge in [-0.15, -0.1) is 0 Å². The van der Waals surface area contributed by atoms with Crippen molar-refractivity contribution in [1.82, 2.24) is 4.31 Å². The molecule has 0 amide bonds. The molecule has 1 aromatic carbocycles. The van der Waals surface area contributed by atoms with Crippen LogP contribution < -0.4 is 0 Å². The second-order valence-corrected chi connectivity index (χ2v) is 8.14. The molecule has 1 rings (SSSR count). The van der Waals surface area contributed by atoms with Gasteiger partial charge in [-0.1, -0.05) is 32.9 Å². The summed E-state index contributed by atoms with van der Waals surface area (Å²) in [5, 5.41) is 8.58. The van der Waals surface area contributed by atoms with Gasteiger partial charge in [0.05, 0.1) is 4.90 Å². The van der Waals surface area contributed by atoms with Gasteiger partial charge >= 0.3 is 5.97 Å². The van der Waals surface area contributed by atoms with E-state index in [2.05, 4.69) is 20.8 Å². The first-order valence-electron chi connectivity index (χ1n) is 6.84. The average molecular weight is 313 g/mol. The number of rotatable bonds is 6. The molecule has 0 aromatic heterocycles. The second kappa shape index (κ2) is 6.58. The molecule has 0 saturated heterocycles. The lowest BCUT2D eigenvalue weighted by molar-refractivity contribution is -0.137. The minimum Gasteiger partial charge on any atom is -0.481 e. The van der Waals surface area contributed by atoms with Crippen LogP contribution in [0.4, 0.5) is 0 Å².